The molecule has 1 aliphatic carbocycles. The van der Waals surface area contributed by atoms with E-state index in [4.69, 9.17) is 10.7 Å². The maximum Gasteiger partial charge on any atom is 0.138 e. The van der Waals surface area contributed by atoms with Crippen LogP contribution in [0.2, 0.25) is 0 Å². The lowest BCUT2D eigenvalue weighted by Crippen LogP contribution is -2.03. The maximum absolute atomic E-state index is 6.22. The van der Waals surface area contributed by atoms with Gasteiger partial charge in [-0.15, -0.1) is 22.7 Å². The highest BCUT2D eigenvalue weighted by molar-refractivity contribution is 7.19. The zero-order valence-corrected chi connectivity index (χ0v) is 13.5. The Morgan fingerprint density at radius 1 is 1.19 bits per heavy atom. The number of nitrogens with zero attached hydrogens (tertiary/aromatic N) is 3. The van der Waals surface area contributed by atoms with Gasteiger partial charge in [-0.1, -0.05) is 0 Å². The van der Waals surface area contributed by atoms with Crippen LogP contribution < -0.4 is 5.73 Å². The third kappa shape index (κ3) is 2.32. The monoisotopic (exact) mass is 316 g/mol. The molecule has 6 heteroatoms. The molecule has 0 saturated carbocycles. The molecule has 0 spiro atoms. The number of hydrogen-bond acceptors (Lipinski definition) is 6. The molecule has 0 unspecified atom stereocenters. The van der Waals surface area contributed by atoms with Crippen LogP contribution in [0.3, 0.4) is 0 Å². The van der Waals surface area contributed by atoms with Crippen LogP contribution in [0.1, 0.15) is 39.8 Å². The molecular formula is C15H16N4S2. The van der Waals surface area contributed by atoms with Gasteiger partial charge >= 0.3 is 0 Å². The van der Waals surface area contributed by atoms with Crippen molar-refractivity contribution in [2.24, 2.45) is 0 Å². The fraction of sp³-hybridized carbons (Fsp3) is 0.400. The van der Waals surface area contributed by atoms with Crippen LogP contribution in [0.15, 0.2) is 5.38 Å². The molecule has 0 amide bonds. The highest BCUT2D eigenvalue weighted by Gasteiger charge is 2.20. The van der Waals surface area contributed by atoms with E-state index in [1.54, 1.807) is 22.7 Å². The molecule has 4 nitrogen and oxygen atoms in total. The van der Waals surface area contributed by atoms with Crippen LogP contribution in [-0.2, 0) is 19.3 Å². The minimum atomic E-state index is 0.640. The minimum absolute atomic E-state index is 0.640. The summed E-state index contributed by atoms with van der Waals surface area (Å²) < 4.78 is 0. The molecule has 0 radical (unpaired) electrons. The highest BCUT2D eigenvalue weighted by Crippen LogP contribution is 2.37. The fourth-order valence-electron chi connectivity index (χ4n) is 2.96. The molecule has 4 rings (SSSR count). The maximum atomic E-state index is 6.22. The standard InChI is InChI=1S/C15H16N4S2/c1-8-17-9(7-20-8)6-12-18-14(16)13-10-4-2-3-5-11(10)21-15(13)19-12/h7H,2-6H2,1H3,(H2,16,18,19). The molecule has 0 aromatic carbocycles. The van der Waals surface area contributed by atoms with Crippen molar-refractivity contribution in [3.05, 3.63) is 32.3 Å². The summed E-state index contributed by atoms with van der Waals surface area (Å²) in [7, 11) is 0. The smallest absolute Gasteiger partial charge is 0.138 e. The van der Waals surface area contributed by atoms with Gasteiger partial charge in [-0.25, -0.2) is 15.0 Å². The van der Waals surface area contributed by atoms with Crippen molar-refractivity contribution in [1.29, 1.82) is 0 Å². The van der Waals surface area contributed by atoms with Crippen LogP contribution in [0, 0.1) is 6.92 Å². The Bertz CT molecular complexity index is 819. The van der Waals surface area contributed by atoms with E-state index < -0.39 is 0 Å². The third-order valence-corrected chi connectivity index (χ3v) is 5.90. The van der Waals surface area contributed by atoms with E-state index in [-0.39, 0.29) is 0 Å². The van der Waals surface area contributed by atoms with Crippen molar-refractivity contribution < 1.29 is 0 Å². The molecule has 1 aliphatic rings. The SMILES string of the molecule is Cc1nc(Cc2nc(N)c3c4c(sc3n2)CCCC4)cs1. The van der Waals surface area contributed by atoms with Gasteiger partial charge in [0.1, 0.15) is 16.5 Å². The minimum Gasteiger partial charge on any atom is -0.383 e. The Morgan fingerprint density at radius 2 is 2.05 bits per heavy atom. The second-order valence-corrected chi connectivity index (χ2v) is 7.60. The van der Waals surface area contributed by atoms with Gasteiger partial charge in [0.15, 0.2) is 0 Å². The zero-order chi connectivity index (χ0) is 14.4. The molecule has 21 heavy (non-hydrogen) atoms. The molecule has 108 valence electrons. The second-order valence-electron chi connectivity index (χ2n) is 5.45. The Balaban J connectivity index is 1.78. The number of thiophene rings is 1. The van der Waals surface area contributed by atoms with Gasteiger partial charge in [-0.3, -0.25) is 0 Å². The number of thiazole rings is 1. The molecular weight excluding hydrogens is 300 g/mol. The van der Waals surface area contributed by atoms with Crippen molar-refractivity contribution >= 4 is 38.7 Å². The van der Waals surface area contributed by atoms with E-state index >= 15 is 0 Å². The summed E-state index contributed by atoms with van der Waals surface area (Å²) in [6.07, 6.45) is 5.47. The van der Waals surface area contributed by atoms with Gasteiger partial charge < -0.3 is 5.73 Å². The topological polar surface area (TPSA) is 64.7 Å². The average Bonchev–Trinajstić information content (AvgIpc) is 3.02. The zero-order valence-electron chi connectivity index (χ0n) is 11.8. The Kier molecular flexibility index (Phi) is 3.15. The Hall–Kier alpha value is -1.53. The van der Waals surface area contributed by atoms with E-state index in [0.29, 0.717) is 12.2 Å². The second kappa shape index (κ2) is 5.03. The van der Waals surface area contributed by atoms with Crippen LogP contribution >= 0.6 is 22.7 Å². The van der Waals surface area contributed by atoms with Crippen LogP contribution in [0.25, 0.3) is 10.2 Å². The molecule has 3 aromatic rings. The van der Waals surface area contributed by atoms with Gasteiger partial charge in [0, 0.05) is 10.3 Å². The van der Waals surface area contributed by atoms with Crippen molar-refractivity contribution in [1.82, 2.24) is 15.0 Å². The predicted octanol–water partition coefficient (Wildman–Crippen LogP) is 3.51. The van der Waals surface area contributed by atoms with Gasteiger partial charge in [0.2, 0.25) is 0 Å². The number of rotatable bonds is 2. The van der Waals surface area contributed by atoms with E-state index in [2.05, 4.69) is 15.3 Å². The molecule has 3 heterocycles. The number of fused-ring (bicyclic) bond motifs is 3. The fourth-order valence-corrected chi connectivity index (χ4v) is 4.86. The van der Waals surface area contributed by atoms with E-state index in [1.165, 1.54) is 23.3 Å². The van der Waals surface area contributed by atoms with E-state index in [1.807, 2.05) is 6.92 Å². The lowest BCUT2D eigenvalue weighted by molar-refractivity contribution is 0.700. The number of hydrogen-bond donors (Lipinski definition) is 1. The highest BCUT2D eigenvalue weighted by atomic mass is 32.1. The Morgan fingerprint density at radius 3 is 2.86 bits per heavy atom. The summed E-state index contributed by atoms with van der Waals surface area (Å²) in [5.74, 6) is 1.42. The van der Waals surface area contributed by atoms with Gasteiger partial charge in [0.05, 0.1) is 22.5 Å². The molecule has 0 aliphatic heterocycles. The Labute approximate surface area is 131 Å². The first-order valence-electron chi connectivity index (χ1n) is 7.18. The van der Waals surface area contributed by atoms with E-state index in [9.17, 15) is 0 Å². The number of nitrogens with two attached hydrogens (primary N) is 1. The summed E-state index contributed by atoms with van der Waals surface area (Å²) in [6.45, 7) is 2.01. The van der Waals surface area contributed by atoms with E-state index in [0.717, 1.165) is 39.6 Å². The van der Waals surface area contributed by atoms with Gasteiger partial charge in [0.25, 0.3) is 0 Å². The first kappa shape index (κ1) is 13.2. The van der Waals surface area contributed by atoms with Gasteiger partial charge in [-0.2, -0.15) is 0 Å². The number of aromatic nitrogens is 3. The van der Waals surface area contributed by atoms with Crippen molar-refractivity contribution in [2.75, 3.05) is 5.73 Å². The lowest BCUT2D eigenvalue weighted by atomic mass is 9.97. The van der Waals surface area contributed by atoms with Crippen molar-refractivity contribution in [3.63, 3.8) is 0 Å². The third-order valence-electron chi connectivity index (χ3n) is 3.89. The first-order valence-corrected chi connectivity index (χ1v) is 8.88. The number of aryl methyl sites for hydroxylation is 3. The molecule has 0 fully saturated rings. The van der Waals surface area contributed by atoms with Crippen LogP contribution in [-0.4, -0.2) is 15.0 Å². The van der Waals surface area contributed by atoms with Crippen LogP contribution in [0.5, 0.6) is 0 Å². The molecule has 0 atom stereocenters. The van der Waals surface area contributed by atoms with Crippen LogP contribution in [0.4, 0.5) is 5.82 Å². The summed E-state index contributed by atoms with van der Waals surface area (Å²) in [5.41, 5.74) is 8.65. The first-order chi connectivity index (χ1) is 10.2. The van der Waals surface area contributed by atoms with Crippen molar-refractivity contribution in [2.45, 2.75) is 39.0 Å². The number of anilines is 1. The molecule has 0 saturated heterocycles. The van der Waals surface area contributed by atoms with Gasteiger partial charge in [-0.05, 0) is 38.2 Å². The lowest BCUT2D eigenvalue weighted by Gasteiger charge is -2.10. The van der Waals surface area contributed by atoms with Crippen molar-refractivity contribution in [3.8, 4) is 0 Å². The molecule has 3 aromatic heterocycles. The summed E-state index contributed by atoms with van der Waals surface area (Å²) >= 11 is 3.45. The predicted molar refractivity (Wildman–Crippen MR) is 88.1 cm³/mol. The normalized spacial score (nSPS) is 14.5. The quantitative estimate of drug-likeness (QED) is 0.786. The molecule has 0 bridgehead atoms. The average molecular weight is 316 g/mol. The molecule has 2 N–H and O–H groups in total. The largest absolute Gasteiger partial charge is 0.383 e. The summed E-state index contributed by atoms with van der Waals surface area (Å²) in [6, 6.07) is 0. The number of nitrogen functional groups attached to an aromatic ring is 1. The summed E-state index contributed by atoms with van der Waals surface area (Å²) in [4.78, 5) is 16.3. The summed E-state index contributed by atoms with van der Waals surface area (Å²) in [5, 5.41) is 4.25.